The van der Waals surface area contributed by atoms with Crippen molar-refractivity contribution in [2.45, 2.75) is 12.8 Å². The number of aromatic hydroxyl groups is 1. The molecule has 0 saturated carbocycles. The van der Waals surface area contributed by atoms with E-state index in [9.17, 15) is 13.5 Å². The van der Waals surface area contributed by atoms with Gasteiger partial charge in [0.1, 0.15) is 11.5 Å². The van der Waals surface area contributed by atoms with Gasteiger partial charge in [-0.2, -0.15) is 8.42 Å². The topological polar surface area (TPSA) is 63.6 Å². The average molecular weight is 212 g/mol. The van der Waals surface area contributed by atoms with Crippen LogP contribution in [0.2, 0.25) is 0 Å². The van der Waals surface area contributed by atoms with Crippen molar-refractivity contribution in [1.82, 2.24) is 0 Å². The Morgan fingerprint density at radius 3 is 2.79 bits per heavy atom. The van der Waals surface area contributed by atoms with Crippen LogP contribution in [0, 0.1) is 0 Å². The first kappa shape index (κ1) is 9.08. The molecule has 74 valence electrons. The van der Waals surface area contributed by atoms with Gasteiger partial charge in [-0.3, -0.25) is 0 Å². The highest BCUT2D eigenvalue weighted by atomic mass is 32.2. The van der Waals surface area contributed by atoms with Gasteiger partial charge < -0.3 is 9.84 Å². The van der Waals surface area contributed by atoms with Gasteiger partial charge in [0, 0.05) is 6.42 Å². The van der Waals surface area contributed by atoms with E-state index in [0.717, 1.165) is 5.56 Å². The van der Waals surface area contributed by atoms with Gasteiger partial charge in [0.2, 0.25) is 5.05 Å². The van der Waals surface area contributed by atoms with Crippen molar-refractivity contribution >= 4 is 15.3 Å². The van der Waals surface area contributed by atoms with E-state index in [1.165, 1.54) is 6.07 Å². The lowest BCUT2D eigenvalue weighted by molar-refractivity contribution is 0.467. The van der Waals surface area contributed by atoms with E-state index in [1.807, 2.05) is 0 Å². The maximum absolute atomic E-state index is 10.6. The van der Waals surface area contributed by atoms with Crippen LogP contribution in [0.15, 0.2) is 18.2 Å². The van der Waals surface area contributed by atoms with E-state index < -0.39 is 10.3 Å². The third-order valence-electron chi connectivity index (χ3n) is 2.05. The number of benzene rings is 1. The predicted molar refractivity (Wildman–Crippen MR) is 51.0 cm³/mol. The standard InChI is InChI=1S/C9H8O4S/c10-7-2-3-8-6(5-7)1-4-9(13-8)14(11)12/h2-3,5,10H,1,4H2. The molecule has 0 atom stereocenters. The van der Waals surface area contributed by atoms with Crippen molar-refractivity contribution in [3.05, 3.63) is 23.8 Å². The zero-order valence-corrected chi connectivity index (χ0v) is 8.04. The molecule has 1 aromatic rings. The number of hydrogen-bond acceptors (Lipinski definition) is 4. The molecule has 1 heterocycles. The summed E-state index contributed by atoms with van der Waals surface area (Å²) in [6.07, 6.45) is 0.930. The van der Waals surface area contributed by atoms with Crippen LogP contribution in [-0.2, 0) is 16.7 Å². The van der Waals surface area contributed by atoms with Gasteiger partial charge in [-0.05, 0) is 30.2 Å². The molecule has 0 fully saturated rings. The fourth-order valence-corrected chi connectivity index (χ4v) is 1.82. The molecule has 0 aromatic heterocycles. The minimum absolute atomic E-state index is 0.0585. The third kappa shape index (κ3) is 1.58. The van der Waals surface area contributed by atoms with Gasteiger partial charge in [0.05, 0.1) is 0 Å². The molecule has 0 amide bonds. The van der Waals surface area contributed by atoms with Crippen molar-refractivity contribution in [2.24, 2.45) is 0 Å². The molecule has 2 rings (SSSR count). The Morgan fingerprint density at radius 1 is 1.29 bits per heavy atom. The maximum atomic E-state index is 10.6. The Hall–Kier alpha value is -1.49. The predicted octanol–water partition coefficient (Wildman–Crippen LogP) is 0.726. The van der Waals surface area contributed by atoms with Crippen LogP contribution < -0.4 is 4.74 Å². The Kier molecular flexibility index (Phi) is 2.17. The molecule has 0 spiro atoms. The first-order valence-electron chi connectivity index (χ1n) is 4.11. The summed E-state index contributed by atoms with van der Waals surface area (Å²) in [7, 11) is -2.28. The molecule has 5 heteroatoms. The molecule has 1 aliphatic rings. The van der Waals surface area contributed by atoms with Crippen LogP contribution in [0.3, 0.4) is 0 Å². The summed E-state index contributed by atoms with van der Waals surface area (Å²) in [5.41, 5.74) is 0.833. The van der Waals surface area contributed by atoms with Gasteiger partial charge in [0.15, 0.2) is 0 Å². The number of hydrogen-bond donors (Lipinski definition) is 1. The number of phenolic OH excluding ortho intramolecular Hbond substituents is 1. The fourth-order valence-electron chi connectivity index (χ4n) is 1.39. The molecule has 1 N–H and O–H groups in total. The van der Waals surface area contributed by atoms with Crippen molar-refractivity contribution in [3.8, 4) is 11.5 Å². The minimum atomic E-state index is -2.28. The van der Waals surface area contributed by atoms with Crippen molar-refractivity contribution in [2.75, 3.05) is 0 Å². The van der Waals surface area contributed by atoms with Gasteiger partial charge in [-0.15, -0.1) is 0 Å². The van der Waals surface area contributed by atoms with Gasteiger partial charge in [-0.1, -0.05) is 0 Å². The minimum Gasteiger partial charge on any atom is -0.508 e. The second kappa shape index (κ2) is 3.34. The fraction of sp³-hybridized carbons (Fsp3) is 0.222. The van der Waals surface area contributed by atoms with E-state index >= 15 is 0 Å². The van der Waals surface area contributed by atoms with Crippen LogP contribution in [0.4, 0.5) is 0 Å². The number of aryl methyl sites for hydroxylation is 1. The lowest BCUT2D eigenvalue weighted by atomic mass is 10.1. The highest BCUT2D eigenvalue weighted by Gasteiger charge is 2.16. The summed E-state index contributed by atoms with van der Waals surface area (Å²) in [5, 5.41) is 9.24. The Labute approximate surface area is 82.3 Å². The number of phenols is 1. The number of rotatable bonds is 0. The first-order chi connectivity index (χ1) is 6.66. The van der Waals surface area contributed by atoms with Gasteiger partial charge in [-0.25, -0.2) is 0 Å². The van der Waals surface area contributed by atoms with Crippen LogP contribution in [0.5, 0.6) is 11.5 Å². The molecule has 1 aliphatic heterocycles. The Bertz CT molecular complexity index is 494. The first-order valence-corrected chi connectivity index (χ1v) is 5.19. The quantitative estimate of drug-likeness (QED) is 0.644. The molecule has 0 bridgehead atoms. The molecule has 4 nitrogen and oxygen atoms in total. The summed E-state index contributed by atoms with van der Waals surface area (Å²) in [6, 6.07) is 4.62. The molecular weight excluding hydrogens is 204 g/mol. The van der Waals surface area contributed by atoms with Crippen LogP contribution in [-0.4, -0.2) is 18.6 Å². The summed E-state index contributed by atoms with van der Waals surface area (Å²) < 4.78 is 26.4. The Balaban J connectivity index is 2.46. The van der Waals surface area contributed by atoms with Gasteiger partial charge >= 0.3 is 0 Å². The average Bonchev–Trinajstić information content (AvgIpc) is 2.16. The van der Waals surface area contributed by atoms with Crippen molar-refractivity contribution in [3.63, 3.8) is 0 Å². The summed E-state index contributed by atoms with van der Waals surface area (Å²) in [6.45, 7) is 0. The molecule has 0 saturated heterocycles. The molecule has 0 radical (unpaired) electrons. The van der Waals surface area contributed by atoms with E-state index in [-0.39, 0.29) is 10.8 Å². The smallest absolute Gasteiger partial charge is 0.253 e. The maximum Gasteiger partial charge on any atom is 0.253 e. The lowest BCUT2D eigenvalue weighted by Crippen LogP contribution is -2.16. The molecule has 0 unspecified atom stereocenters. The SMILES string of the molecule is O=S(=O)=C1CCc2cc(O)ccc2O1. The van der Waals surface area contributed by atoms with Crippen LogP contribution in [0.1, 0.15) is 12.0 Å². The molecule has 14 heavy (non-hydrogen) atoms. The van der Waals surface area contributed by atoms with E-state index in [0.29, 0.717) is 18.6 Å². The monoisotopic (exact) mass is 212 g/mol. The van der Waals surface area contributed by atoms with E-state index in [1.54, 1.807) is 12.1 Å². The summed E-state index contributed by atoms with van der Waals surface area (Å²) in [4.78, 5) is 0. The highest BCUT2D eigenvalue weighted by Crippen LogP contribution is 2.28. The number of fused-ring (bicyclic) bond motifs is 1. The van der Waals surface area contributed by atoms with Crippen molar-refractivity contribution in [1.29, 1.82) is 0 Å². The zero-order chi connectivity index (χ0) is 10.1. The van der Waals surface area contributed by atoms with Crippen molar-refractivity contribution < 1.29 is 18.3 Å². The van der Waals surface area contributed by atoms with Crippen LogP contribution >= 0.6 is 0 Å². The van der Waals surface area contributed by atoms with Crippen LogP contribution in [0.25, 0.3) is 0 Å². The molecule has 1 aromatic carbocycles. The largest absolute Gasteiger partial charge is 0.508 e. The summed E-state index contributed by atoms with van der Waals surface area (Å²) in [5.74, 6) is 0.673. The summed E-state index contributed by atoms with van der Waals surface area (Å²) >= 11 is 0. The van der Waals surface area contributed by atoms with Gasteiger partial charge in [0.25, 0.3) is 10.3 Å². The highest BCUT2D eigenvalue weighted by molar-refractivity contribution is 7.72. The second-order valence-electron chi connectivity index (χ2n) is 3.00. The number of ether oxygens (including phenoxy) is 1. The second-order valence-corrected chi connectivity index (χ2v) is 3.93. The van der Waals surface area contributed by atoms with E-state index in [2.05, 4.69) is 0 Å². The third-order valence-corrected chi connectivity index (χ3v) is 2.71. The zero-order valence-electron chi connectivity index (χ0n) is 7.23. The Morgan fingerprint density at radius 2 is 2.07 bits per heavy atom. The molecular formula is C9H8O4S. The molecule has 0 aliphatic carbocycles. The van der Waals surface area contributed by atoms with E-state index in [4.69, 9.17) is 4.74 Å². The normalized spacial score (nSPS) is 14.4. The lowest BCUT2D eigenvalue weighted by Gasteiger charge is -2.16.